The van der Waals surface area contributed by atoms with Crippen molar-refractivity contribution < 1.29 is 13.3 Å². The van der Waals surface area contributed by atoms with Gasteiger partial charge in [-0.2, -0.15) is 0 Å². The van der Waals surface area contributed by atoms with E-state index in [-0.39, 0.29) is 18.3 Å². The Morgan fingerprint density at radius 3 is 1.45 bits per heavy atom. The maximum atomic E-state index is 6.13. The van der Waals surface area contributed by atoms with Crippen LogP contribution in [0, 0.1) is 0 Å². The van der Waals surface area contributed by atoms with E-state index < -0.39 is 8.80 Å². The van der Waals surface area contributed by atoms with Crippen LogP contribution in [0.1, 0.15) is 61.8 Å². The molecule has 0 radical (unpaired) electrons. The molecule has 122 valence electrons. The van der Waals surface area contributed by atoms with Crippen LogP contribution in [-0.4, -0.2) is 39.7 Å². The molecule has 0 saturated carbocycles. The highest BCUT2D eigenvalue weighted by Crippen LogP contribution is 2.23. The highest BCUT2D eigenvalue weighted by Gasteiger charge is 2.43. The second kappa shape index (κ2) is 9.90. The average Bonchev–Trinajstić information content (AvgIpc) is 2.20. The fourth-order valence-electron chi connectivity index (χ4n) is 2.03. The molecule has 0 saturated heterocycles. The minimum absolute atomic E-state index is 0.122. The van der Waals surface area contributed by atoms with Crippen LogP contribution >= 0.6 is 0 Å². The largest absolute Gasteiger partial charge is 0.501 e. The van der Waals surface area contributed by atoms with Crippen LogP contribution in [0.5, 0.6) is 0 Å². The Bertz CT molecular complexity index is 219. The van der Waals surface area contributed by atoms with E-state index in [1.54, 1.807) is 0 Å². The quantitative estimate of drug-likeness (QED) is 0.468. The molecule has 4 nitrogen and oxygen atoms in total. The van der Waals surface area contributed by atoms with Gasteiger partial charge < -0.3 is 18.6 Å². The number of rotatable bonds is 11. The number of nitrogens with one attached hydrogen (secondary N) is 1. The third-order valence-electron chi connectivity index (χ3n) is 2.46. The summed E-state index contributed by atoms with van der Waals surface area (Å²) in [5.41, 5.74) is 0. The van der Waals surface area contributed by atoms with Crippen molar-refractivity contribution in [1.82, 2.24) is 5.32 Å². The van der Waals surface area contributed by atoms with E-state index in [2.05, 4.69) is 19.2 Å². The van der Waals surface area contributed by atoms with Crippen LogP contribution < -0.4 is 5.32 Å². The molecule has 1 N–H and O–H groups in total. The van der Waals surface area contributed by atoms with E-state index in [4.69, 9.17) is 13.3 Å². The summed E-state index contributed by atoms with van der Waals surface area (Å²) in [5, 5.41) is 3.43. The van der Waals surface area contributed by atoms with Crippen LogP contribution in [0.3, 0.4) is 0 Å². The van der Waals surface area contributed by atoms with E-state index in [0.717, 1.165) is 19.0 Å². The highest BCUT2D eigenvalue weighted by molar-refractivity contribution is 6.60. The van der Waals surface area contributed by atoms with Crippen molar-refractivity contribution >= 4 is 8.80 Å². The van der Waals surface area contributed by atoms with Crippen molar-refractivity contribution in [2.45, 2.75) is 92.2 Å². The topological polar surface area (TPSA) is 39.7 Å². The molecule has 0 rings (SSSR count). The van der Waals surface area contributed by atoms with Crippen LogP contribution in [0.4, 0.5) is 0 Å². The second-order valence-electron chi connectivity index (χ2n) is 6.40. The molecule has 20 heavy (non-hydrogen) atoms. The molecule has 0 aromatic carbocycles. The third-order valence-corrected chi connectivity index (χ3v) is 5.92. The average molecular weight is 306 g/mol. The summed E-state index contributed by atoms with van der Waals surface area (Å²) in [6.45, 7) is 17.5. The molecule has 0 aliphatic heterocycles. The van der Waals surface area contributed by atoms with Crippen molar-refractivity contribution in [2.24, 2.45) is 0 Å². The molecule has 5 heteroatoms. The first-order valence-corrected chi connectivity index (χ1v) is 9.87. The molecular weight excluding hydrogens is 270 g/mol. The summed E-state index contributed by atoms with van der Waals surface area (Å²) in [6.07, 6.45) is 1.38. The predicted octanol–water partition coefficient (Wildman–Crippen LogP) is 3.59. The van der Waals surface area contributed by atoms with Gasteiger partial charge >= 0.3 is 8.80 Å². The fraction of sp³-hybridized carbons (Fsp3) is 1.00. The SMILES string of the molecule is CC(C)NCCC[Si](OC(C)C)(OC(C)C)OC(C)C. The fourth-order valence-corrected chi connectivity index (χ4v) is 5.32. The monoisotopic (exact) mass is 305 g/mol. The zero-order valence-corrected chi connectivity index (χ0v) is 15.7. The summed E-state index contributed by atoms with van der Waals surface area (Å²) in [4.78, 5) is 0. The zero-order valence-electron chi connectivity index (χ0n) is 14.7. The molecular formula is C15H35NO3Si. The molecule has 0 heterocycles. The molecule has 0 aliphatic carbocycles. The summed E-state index contributed by atoms with van der Waals surface area (Å²) in [6, 6.07) is 1.37. The van der Waals surface area contributed by atoms with Gasteiger partial charge in [0.2, 0.25) is 0 Å². The Morgan fingerprint density at radius 1 is 0.750 bits per heavy atom. The van der Waals surface area contributed by atoms with E-state index in [0.29, 0.717) is 6.04 Å². The van der Waals surface area contributed by atoms with E-state index >= 15 is 0 Å². The minimum atomic E-state index is -2.60. The first-order valence-electron chi connectivity index (χ1n) is 7.93. The van der Waals surface area contributed by atoms with E-state index in [1.165, 1.54) is 0 Å². The van der Waals surface area contributed by atoms with Crippen LogP contribution in [0.15, 0.2) is 0 Å². The van der Waals surface area contributed by atoms with Gasteiger partial charge in [0.1, 0.15) is 0 Å². The molecule has 0 aromatic rings. The van der Waals surface area contributed by atoms with Gasteiger partial charge in [-0.15, -0.1) is 0 Å². The van der Waals surface area contributed by atoms with Gasteiger partial charge in [-0.3, -0.25) is 0 Å². The molecule has 0 fully saturated rings. The Hall–Kier alpha value is 0.0569. The van der Waals surface area contributed by atoms with E-state index in [1.807, 2.05) is 41.5 Å². The Kier molecular flexibility index (Phi) is 9.92. The van der Waals surface area contributed by atoms with Gasteiger partial charge in [-0.1, -0.05) is 13.8 Å². The van der Waals surface area contributed by atoms with Crippen molar-refractivity contribution in [3.05, 3.63) is 0 Å². The maximum Gasteiger partial charge on any atom is 0.501 e. The number of hydrogen-bond acceptors (Lipinski definition) is 4. The first kappa shape index (κ1) is 20.1. The number of hydrogen-bond donors (Lipinski definition) is 1. The van der Waals surface area contributed by atoms with Crippen molar-refractivity contribution in [1.29, 1.82) is 0 Å². The van der Waals surface area contributed by atoms with Crippen LogP contribution in [-0.2, 0) is 13.3 Å². The zero-order chi connectivity index (χ0) is 15.8. The lowest BCUT2D eigenvalue weighted by atomic mass is 10.4. The summed E-state index contributed by atoms with van der Waals surface area (Å²) in [7, 11) is -2.60. The summed E-state index contributed by atoms with van der Waals surface area (Å²) < 4.78 is 18.4. The molecule has 0 spiro atoms. The maximum absolute atomic E-state index is 6.13. The Morgan fingerprint density at radius 2 is 1.15 bits per heavy atom. The molecule has 0 aliphatic rings. The second-order valence-corrected chi connectivity index (χ2v) is 8.97. The lowest BCUT2D eigenvalue weighted by molar-refractivity contribution is 0.00289. The Balaban J connectivity index is 4.68. The summed E-state index contributed by atoms with van der Waals surface area (Å²) in [5.74, 6) is 0. The van der Waals surface area contributed by atoms with Gasteiger partial charge in [-0.05, 0) is 54.5 Å². The summed E-state index contributed by atoms with van der Waals surface area (Å²) >= 11 is 0. The molecule has 0 atom stereocenters. The lowest BCUT2D eigenvalue weighted by Gasteiger charge is -2.34. The highest BCUT2D eigenvalue weighted by atomic mass is 28.4. The smallest absolute Gasteiger partial charge is 0.371 e. The van der Waals surface area contributed by atoms with Crippen molar-refractivity contribution in [2.75, 3.05) is 6.54 Å². The van der Waals surface area contributed by atoms with Crippen LogP contribution in [0.2, 0.25) is 6.04 Å². The van der Waals surface area contributed by atoms with Gasteiger partial charge in [-0.25, -0.2) is 0 Å². The third kappa shape index (κ3) is 9.88. The van der Waals surface area contributed by atoms with Crippen molar-refractivity contribution in [3.63, 3.8) is 0 Å². The van der Waals surface area contributed by atoms with Gasteiger partial charge in [0, 0.05) is 30.4 Å². The standard InChI is InChI=1S/C15H35NO3Si/c1-12(2)16-10-9-11-20(17-13(3)4,18-14(5)6)19-15(7)8/h12-16H,9-11H2,1-8H3. The van der Waals surface area contributed by atoms with Crippen LogP contribution in [0.25, 0.3) is 0 Å². The molecule has 0 bridgehead atoms. The minimum Gasteiger partial charge on any atom is -0.371 e. The predicted molar refractivity (Wildman–Crippen MR) is 87.0 cm³/mol. The Labute approximate surface area is 126 Å². The lowest BCUT2D eigenvalue weighted by Crippen LogP contribution is -2.51. The van der Waals surface area contributed by atoms with Crippen molar-refractivity contribution in [3.8, 4) is 0 Å². The van der Waals surface area contributed by atoms with E-state index in [9.17, 15) is 0 Å². The van der Waals surface area contributed by atoms with Gasteiger partial charge in [0.05, 0.1) is 0 Å². The van der Waals surface area contributed by atoms with Gasteiger partial charge in [0.25, 0.3) is 0 Å². The molecule has 0 amide bonds. The molecule has 0 unspecified atom stereocenters. The van der Waals surface area contributed by atoms with Gasteiger partial charge in [0.15, 0.2) is 0 Å². The normalized spacial score (nSPS) is 13.2. The molecule has 0 aromatic heterocycles. The first-order chi connectivity index (χ1) is 9.17.